The molecule has 0 radical (unpaired) electrons. The van der Waals surface area contributed by atoms with E-state index in [0.717, 1.165) is 0 Å². The molecule has 0 amide bonds. The first kappa shape index (κ1) is 44.4. The first-order chi connectivity index (χ1) is 24.2. The lowest BCUT2D eigenvalue weighted by Crippen LogP contribution is -2.61. The molecule has 0 aromatic rings. The van der Waals surface area contributed by atoms with Crippen molar-refractivity contribution in [3.8, 4) is 0 Å². The molecule has 0 aliphatic carbocycles. The van der Waals surface area contributed by atoms with Gasteiger partial charge in [-0.15, -0.1) is 0 Å². The zero-order valence-corrected chi connectivity index (χ0v) is 36.4. The van der Waals surface area contributed by atoms with Crippen LogP contribution in [0.4, 0.5) is 0 Å². The summed E-state index contributed by atoms with van der Waals surface area (Å²) in [5.74, 6) is -7.80. The Kier molecular flexibility index (Phi) is 12.3. The van der Waals surface area contributed by atoms with E-state index in [4.69, 9.17) is 18.9 Å². The second-order valence-corrected chi connectivity index (χ2v) is 22.4. The number of carbonyl (C=O) groups is 4. The van der Waals surface area contributed by atoms with Crippen molar-refractivity contribution in [1.82, 2.24) is 21.3 Å². The van der Waals surface area contributed by atoms with Crippen molar-refractivity contribution in [3.05, 3.63) is 0 Å². The maximum Gasteiger partial charge on any atom is 0.322 e. The minimum Gasteiger partial charge on any atom is -0.462 e. The normalized spacial score (nSPS) is 27.5. The van der Waals surface area contributed by atoms with E-state index in [2.05, 4.69) is 21.3 Å². The molecule has 4 fully saturated rings. The fourth-order valence-corrected chi connectivity index (χ4v) is 10.9. The third-order valence-corrected chi connectivity index (χ3v) is 11.1. The van der Waals surface area contributed by atoms with Gasteiger partial charge >= 0.3 is 23.9 Å². The summed E-state index contributed by atoms with van der Waals surface area (Å²) in [7, 11) is 0. The van der Waals surface area contributed by atoms with Crippen LogP contribution in [0.25, 0.3) is 0 Å². The predicted molar refractivity (Wildman–Crippen MR) is 209 cm³/mol. The zero-order valence-electron chi connectivity index (χ0n) is 36.4. The second-order valence-electron chi connectivity index (χ2n) is 22.4. The minimum atomic E-state index is -1.93. The van der Waals surface area contributed by atoms with Crippen molar-refractivity contribution in [3.63, 3.8) is 0 Å². The molecule has 0 atom stereocenters. The van der Waals surface area contributed by atoms with Crippen LogP contribution in [0.1, 0.15) is 162 Å². The number of hydrogen-bond donors (Lipinski definition) is 4. The van der Waals surface area contributed by atoms with E-state index in [1.54, 1.807) is 0 Å². The van der Waals surface area contributed by atoms with Gasteiger partial charge in [-0.25, -0.2) is 0 Å². The average Bonchev–Trinajstić information content (AvgIpc) is 2.83. The number of hydrogen-bond acceptors (Lipinski definition) is 12. The van der Waals surface area contributed by atoms with Crippen LogP contribution < -0.4 is 21.3 Å². The van der Waals surface area contributed by atoms with Gasteiger partial charge in [0, 0.05) is 95.7 Å². The molecule has 0 bridgehead atoms. The fourth-order valence-electron chi connectivity index (χ4n) is 10.9. The average molecular weight is 763 g/mol. The number of nitrogens with one attached hydrogen (secondary N) is 4. The highest BCUT2D eigenvalue weighted by atomic mass is 16.6. The number of esters is 4. The number of carbonyl (C=O) groups excluding carboxylic acids is 4. The van der Waals surface area contributed by atoms with Crippen molar-refractivity contribution in [1.29, 1.82) is 0 Å². The highest BCUT2D eigenvalue weighted by Crippen LogP contribution is 2.37. The highest BCUT2D eigenvalue weighted by molar-refractivity contribution is 6.07. The summed E-state index contributed by atoms with van der Waals surface area (Å²) in [5, 5.41) is 14.3. The van der Waals surface area contributed by atoms with Crippen LogP contribution in [0.3, 0.4) is 0 Å². The van der Waals surface area contributed by atoms with E-state index in [1.165, 1.54) is 0 Å². The van der Waals surface area contributed by atoms with Crippen molar-refractivity contribution in [2.45, 2.75) is 231 Å². The highest BCUT2D eigenvalue weighted by Gasteiger charge is 2.53. The Hall–Kier alpha value is -2.28. The van der Waals surface area contributed by atoms with E-state index in [0.29, 0.717) is 51.4 Å². The first-order valence-electron chi connectivity index (χ1n) is 20.2. The van der Waals surface area contributed by atoms with Crippen LogP contribution in [-0.4, -0.2) is 92.6 Å². The van der Waals surface area contributed by atoms with Gasteiger partial charge in [0.2, 0.25) is 0 Å². The van der Waals surface area contributed by atoms with Gasteiger partial charge in [0.05, 0.1) is 0 Å². The topological polar surface area (TPSA) is 153 Å². The summed E-state index contributed by atoms with van der Waals surface area (Å²) in [6.07, 6.45) is 1.44. The zero-order chi connectivity index (χ0) is 41.1. The standard InChI is InChI=1S/C42H74N4O8/c1-35(2)17-25(18-36(3,4)43-35)51-31(47)29(32(48)52-26-19-37(5,6)44-38(7,8)20-26)30(33(49)53-27-21-39(9,10)45-40(11,12)22-27)34(50)54-28-23-41(13,14)46-42(15,16)24-28/h25-30,43-46H,17-24H2,1-16H3. The van der Waals surface area contributed by atoms with Crippen molar-refractivity contribution in [2.75, 3.05) is 0 Å². The van der Waals surface area contributed by atoms with Gasteiger partial charge in [-0.05, 0) is 111 Å². The van der Waals surface area contributed by atoms with Crippen LogP contribution in [0, 0.1) is 11.8 Å². The maximum atomic E-state index is 14.6. The molecule has 0 aromatic heterocycles. The second kappa shape index (κ2) is 14.9. The summed E-state index contributed by atoms with van der Waals surface area (Å²) in [4.78, 5) is 58.5. The predicted octanol–water partition coefficient (Wildman–Crippen LogP) is 5.63. The number of rotatable bonds is 9. The Balaban J connectivity index is 1.75. The van der Waals surface area contributed by atoms with Gasteiger partial charge in [-0.2, -0.15) is 0 Å². The van der Waals surface area contributed by atoms with Gasteiger partial charge in [0.1, 0.15) is 24.4 Å². The lowest BCUT2D eigenvalue weighted by molar-refractivity contribution is -0.190. The van der Waals surface area contributed by atoms with Crippen molar-refractivity contribution < 1.29 is 38.1 Å². The Labute approximate surface area is 325 Å². The summed E-state index contributed by atoms with van der Waals surface area (Å²) in [6, 6.07) is 0. The molecule has 12 heteroatoms. The third-order valence-electron chi connectivity index (χ3n) is 11.1. The summed E-state index contributed by atoms with van der Waals surface area (Å²) < 4.78 is 24.7. The molecule has 4 saturated heterocycles. The van der Waals surface area contributed by atoms with E-state index < -0.39 is 60.1 Å². The molecule has 4 aliphatic heterocycles. The van der Waals surface area contributed by atoms with Crippen LogP contribution in [-0.2, 0) is 38.1 Å². The van der Waals surface area contributed by atoms with E-state index >= 15 is 0 Å². The van der Waals surface area contributed by atoms with Gasteiger partial charge in [0.25, 0.3) is 0 Å². The van der Waals surface area contributed by atoms with E-state index in [9.17, 15) is 19.2 Å². The Morgan fingerprint density at radius 2 is 0.463 bits per heavy atom. The van der Waals surface area contributed by atoms with Crippen LogP contribution in [0.2, 0.25) is 0 Å². The van der Waals surface area contributed by atoms with Crippen LogP contribution in [0.15, 0.2) is 0 Å². The molecule has 4 heterocycles. The van der Waals surface area contributed by atoms with E-state index in [1.807, 2.05) is 111 Å². The smallest absolute Gasteiger partial charge is 0.322 e. The summed E-state index contributed by atoms with van der Waals surface area (Å²) in [6.45, 7) is 32.5. The molecule has 0 saturated carbocycles. The Bertz CT molecular complexity index is 1160. The Morgan fingerprint density at radius 1 is 0.333 bits per heavy atom. The van der Waals surface area contributed by atoms with Gasteiger partial charge < -0.3 is 40.2 Å². The first-order valence-corrected chi connectivity index (χ1v) is 20.2. The molecule has 310 valence electrons. The molecular formula is C42H74N4O8. The van der Waals surface area contributed by atoms with Crippen molar-refractivity contribution in [2.24, 2.45) is 11.8 Å². The van der Waals surface area contributed by atoms with Crippen LogP contribution >= 0.6 is 0 Å². The number of ether oxygens (including phenoxy) is 4. The molecule has 4 N–H and O–H groups in total. The molecule has 4 rings (SSSR count). The van der Waals surface area contributed by atoms with E-state index in [-0.39, 0.29) is 44.3 Å². The molecule has 0 spiro atoms. The minimum absolute atomic E-state index is 0.379. The molecule has 0 unspecified atom stereocenters. The molecule has 0 aromatic carbocycles. The van der Waals surface area contributed by atoms with Gasteiger partial charge in [-0.1, -0.05) is 0 Å². The summed E-state index contributed by atoms with van der Waals surface area (Å²) >= 11 is 0. The molecule has 4 aliphatic rings. The molecular weight excluding hydrogens is 688 g/mol. The fraction of sp³-hybridized carbons (Fsp3) is 0.905. The quantitative estimate of drug-likeness (QED) is 0.131. The maximum absolute atomic E-state index is 14.6. The van der Waals surface area contributed by atoms with Gasteiger partial charge in [0.15, 0.2) is 11.8 Å². The summed E-state index contributed by atoms with van der Waals surface area (Å²) in [5.41, 5.74) is -3.04. The van der Waals surface area contributed by atoms with Crippen LogP contribution in [0.5, 0.6) is 0 Å². The lowest BCUT2D eigenvalue weighted by atomic mass is 9.80. The number of piperidine rings is 4. The third kappa shape index (κ3) is 12.4. The Morgan fingerprint density at radius 3 is 0.593 bits per heavy atom. The SMILES string of the molecule is CC1(C)CC(OC(=O)C(C(=O)OC2CC(C)(C)NC(C)(C)C2)C(C(=O)OC2CC(C)(C)NC(C)(C)C2)C(=O)OC2CC(C)(C)NC(C)(C)C2)CC(C)(C)N1. The molecule has 12 nitrogen and oxygen atoms in total. The largest absolute Gasteiger partial charge is 0.462 e. The molecule has 54 heavy (non-hydrogen) atoms. The monoisotopic (exact) mass is 763 g/mol. The van der Waals surface area contributed by atoms with Gasteiger partial charge in [-0.3, -0.25) is 19.2 Å². The van der Waals surface area contributed by atoms with Crippen molar-refractivity contribution >= 4 is 23.9 Å². The lowest BCUT2D eigenvalue weighted by Gasteiger charge is -2.47.